The predicted octanol–water partition coefficient (Wildman–Crippen LogP) is 3.42. The van der Waals surface area contributed by atoms with E-state index in [1.54, 1.807) is 16.7 Å². The first-order valence-electron chi connectivity index (χ1n) is 7.31. The summed E-state index contributed by atoms with van der Waals surface area (Å²) < 4.78 is 15.3. The zero-order valence-electron chi connectivity index (χ0n) is 12.4. The molecule has 0 aliphatic carbocycles. The molecular weight excluding hydrogens is 291 g/mol. The molecule has 1 aromatic heterocycles. The maximum atomic E-state index is 13.6. The molecule has 3 aromatic rings. The standard InChI is InChI=1S/C19H15FN2O/c20-17-10-4-5-11-18(17)21-19(23)14-22-12-6-9-16(13-22)15-7-2-1-3-8-15/h1-13H,14H2/p+1. The Morgan fingerprint density at radius 3 is 2.39 bits per heavy atom. The first kappa shape index (κ1) is 14.9. The Labute approximate surface area is 134 Å². The lowest BCUT2D eigenvalue weighted by Crippen LogP contribution is -2.39. The van der Waals surface area contributed by atoms with Crippen LogP contribution in [0, 0.1) is 5.82 Å². The Morgan fingerprint density at radius 2 is 1.61 bits per heavy atom. The Bertz CT molecular complexity index is 818. The fraction of sp³-hybridized carbons (Fsp3) is 0.0526. The molecule has 114 valence electrons. The van der Waals surface area contributed by atoms with Gasteiger partial charge in [-0.1, -0.05) is 42.5 Å². The van der Waals surface area contributed by atoms with Gasteiger partial charge in [0.1, 0.15) is 5.82 Å². The third-order valence-corrected chi connectivity index (χ3v) is 3.44. The van der Waals surface area contributed by atoms with E-state index in [1.165, 1.54) is 12.1 Å². The van der Waals surface area contributed by atoms with Crippen molar-refractivity contribution >= 4 is 11.6 Å². The molecule has 0 fully saturated rings. The molecule has 1 N–H and O–H groups in total. The number of para-hydroxylation sites is 1. The van der Waals surface area contributed by atoms with E-state index < -0.39 is 5.82 Å². The van der Waals surface area contributed by atoms with E-state index in [0.29, 0.717) is 0 Å². The minimum absolute atomic E-state index is 0.120. The van der Waals surface area contributed by atoms with Crippen molar-refractivity contribution in [2.45, 2.75) is 6.54 Å². The summed E-state index contributed by atoms with van der Waals surface area (Å²) >= 11 is 0. The Kier molecular flexibility index (Phi) is 4.43. The van der Waals surface area contributed by atoms with E-state index in [1.807, 2.05) is 54.9 Å². The number of aromatic nitrogens is 1. The smallest absolute Gasteiger partial charge is 0.290 e. The summed E-state index contributed by atoms with van der Waals surface area (Å²) in [6.45, 7) is 0.120. The molecule has 0 radical (unpaired) electrons. The van der Waals surface area contributed by atoms with Crippen LogP contribution in [0.15, 0.2) is 79.1 Å². The highest BCUT2D eigenvalue weighted by Gasteiger charge is 2.12. The molecule has 0 aliphatic heterocycles. The zero-order chi connectivity index (χ0) is 16.1. The van der Waals surface area contributed by atoms with Gasteiger partial charge in [0.05, 0.1) is 5.69 Å². The molecule has 3 nitrogen and oxygen atoms in total. The molecule has 0 saturated carbocycles. The summed E-state index contributed by atoms with van der Waals surface area (Å²) in [7, 11) is 0. The number of pyridine rings is 1. The van der Waals surface area contributed by atoms with Crippen LogP contribution in [0.2, 0.25) is 0 Å². The highest BCUT2D eigenvalue weighted by atomic mass is 19.1. The van der Waals surface area contributed by atoms with Crippen molar-refractivity contribution in [1.29, 1.82) is 0 Å². The number of benzene rings is 2. The number of nitrogens with one attached hydrogen (secondary N) is 1. The van der Waals surface area contributed by atoms with Crippen LogP contribution in [-0.2, 0) is 11.3 Å². The molecule has 0 unspecified atom stereocenters. The van der Waals surface area contributed by atoms with Gasteiger partial charge in [0.2, 0.25) is 6.54 Å². The summed E-state index contributed by atoms with van der Waals surface area (Å²) in [5, 5.41) is 2.58. The summed E-state index contributed by atoms with van der Waals surface area (Å²) in [6, 6.07) is 19.9. The molecule has 0 bridgehead atoms. The van der Waals surface area contributed by atoms with Crippen LogP contribution in [0.1, 0.15) is 0 Å². The minimum atomic E-state index is -0.441. The lowest BCUT2D eigenvalue weighted by atomic mass is 10.1. The van der Waals surface area contributed by atoms with Gasteiger partial charge in [-0.3, -0.25) is 4.79 Å². The van der Waals surface area contributed by atoms with E-state index in [4.69, 9.17) is 0 Å². The lowest BCUT2D eigenvalue weighted by molar-refractivity contribution is -0.683. The number of carbonyl (C=O) groups is 1. The van der Waals surface area contributed by atoms with Crippen molar-refractivity contribution in [3.05, 3.63) is 84.9 Å². The third-order valence-electron chi connectivity index (χ3n) is 3.44. The highest BCUT2D eigenvalue weighted by Crippen LogP contribution is 2.16. The first-order chi connectivity index (χ1) is 11.2. The zero-order valence-corrected chi connectivity index (χ0v) is 12.4. The lowest BCUT2D eigenvalue weighted by Gasteiger charge is -2.05. The van der Waals surface area contributed by atoms with E-state index in [2.05, 4.69) is 5.32 Å². The number of amides is 1. The summed E-state index contributed by atoms with van der Waals surface area (Å²) in [5.74, 6) is -0.714. The third kappa shape index (κ3) is 3.80. The van der Waals surface area contributed by atoms with Crippen molar-refractivity contribution in [1.82, 2.24) is 0 Å². The molecule has 0 atom stereocenters. The minimum Gasteiger partial charge on any atom is -0.318 e. The van der Waals surface area contributed by atoms with Crippen LogP contribution in [0.4, 0.5) is 10.1 Å². The Hall–Kier alpha value is -3.01. The number of anilines is 1. The monoisotopic (exact) mass is 307 g/mol. The van der Waals surface area contributed by atoms with Crippen LogP contribution in [0.3, 0.4) is 0 Å². The first-order valence-corrected chi connectivity index (χ1v) is 7.31. The maximum Gasteiger partial charge on any atom is 0.290 e. The van der Waals surface area contributed by atoms with E-state index in [-0.39, 0.29) is 18.1 Å². The number of nitrogens with zero attached hydrogens (tertiary/aromatic N) is 1. The molecule has 3 rings (SSSR count). The van der Waals surface area contributed by atoms with Crippen molar-refractivity contribution in [3.8, 4) is 11.1 Å². The van der Waals surface area contributed by atoms with Crippen molar-refractivity contribution in [2.24, 2.45) is 0 Å². The van der Waals surface area contributed by atoms with Crippen LogP contribution in [-0.4, -0.2) is 5.91 Å². The normalized spacial score (nSPS) is 10.3. The summed E-state index contributed by atoms with van der Waals surface area (Å²) in [4.78, 5) is 12.1. The van der Waals surface area contributed by atoms with Gasteiger partial charge in [0.15, 0.2) is 12.4 Å². The van der Waals surface area contributed by atoms with Gasteiger partial charge in [-0.15, -0.1) is 0 Å². The average Bonchev–Trinajstić information content (AvgIpc) is 2.58. The van der Waals surface area contributed by atoms with Crippen LogP contribution >= 0.6 is 0 Å². The number of rotatable bonds is 4. The molecule has 4 heteroatoms. The highest BCUT2D eigenvalue weighted by molar-refractivity contribution is 5.89. The molecular formula is C19H16FN2O+. The average molecular weight is 307 g/mol. The van der Waals surface area contributed by atoms with Gasteiger partial charge in [-0.25, -0.2) is 4.39 Å². The van der Waals surface area contributed by atoms with Crippen molar-refractivity contribution < 1.29 is 13.8 Å². The largest absolute Gasteiger partial charge is 0.318 e. The number of hydrogen-bond donors (Lipinski definition) is 1. The summed E-state index contributed by atoms with van der Waals surface area (Å²) in [6.07, 6.45) is 3.71. The molecule has 1 amide bonds. The fourth-order valence-corrected chi connectivity index (χ4v) is 2.34. The van der Waals surface area contributed by atoms with Gasteiger partial charge in [0, 0.05) is 11.6 Å². The Morgan fingerprint density at radius 1 is 0.913 bits per heavy atom. The molecule has 2 aromatic carbocycles. The molecule has 23 heavy (non-hydrogen) atoms. The Balaban J connectivity index is 1.73. The second-order valence-corrected chi connectivity index (χ2v) is 5.16. The van der Waals surface area contributed by atoms with Crippen molar-refractivity contribution in [3.63, 3.8) is 0 Å². The van der Waals surface area contributed by atoms with Gasteiger partial charge >= 0.3 is 0 Å². The van der Waals surface area contributed by atoms with Crippen LogP contribution < -0.4 is 9.88 Å². The van der Waals surface area contributed by atoms with Gasteiger partial charge in [-0.2, -0.15) is 4.57 Å². The second-order valence-electron chi connectivity index (χ2n) is 5.16. The predicted molar refractivity (Wildman–Crippen MR) is 87.1 cm³/mol. The van der Waals surface area contributed by atoms with Crippen LogP contribution in [0.5, 0.6) is 0 Å². The van der Waals surface area contributed by atoms with Gasteiger partial charge in [0.25, 0.3) is 5.91 Å². The quantitative estimate of drug-likeness (QED) is 0.736. The number of halogens is 1. The topological polar surface area (TPSA) is 33.0 Å². The SMILES string of the molecule is O=C(C[n+]1cccc(-c2ccccc2)c1)Nc1ccccc1F. The van der Waals surface area contributed by atoms with Gasteiger partial charge in [-0.05, 0) is 23.8 Å². The second kappa shape index (κ2) is 6.83. The van der Waals surface area contributed by atoms with E-state index in [0.717, 1.165) is 11.1 Å². The molecule has 0 spiro atoms. The molecule has 1 heterocycles. The van der Waals surface area contributed by atoms with Crippen molar-refractivity contribution in [2.75, 3.05) is 5.32 Å². The molecule has 0 saturated heterocycles. The fourth-order valence-electron chi connectivity index (χ4n) is 2.34. The van der Waals surface area contributed by atoms with E-state index >= 15 is 0 Å². The summed E-state index contributed by atoms with van der Waals surface area (Å²) in [5.41, 5.74) is 2.29. The molecule has 0 aliphatic rings. The van der Waals surface area contributed by atoms with Gasteiger partial charge < -0.3 is 5.32 Å². The van der Waals surface area contributed by atoms with E-state index in [9.17, 15) is 9.18 Å². The maximum absolute atomic E-state index is 13.6. The number of hydrogen-bond acceptors (Lipinski definition) is 1. The van der Waals surface area contributed by atoms with Crippen LogP contribution in [0.25, 0.3) is 11.1 Å². The number of carbonyl (C=O) groups excluding carboxylic acids is 1.